The number of hydrogen-bond acceptors (Lipinski definition) is 3. The monoisotopic (exact) mass is 283 g/mol. The Hall–Kier alpha value is -0.910. The van der Waals surface area contributed by atoms with Gasteiger partial charge in [0, 0.05) is 13.1 Å². The summed E-state index contributed by atoms with van der Waals surface area (Å²) >= 11 is 0. The molecule has 0 bridgehead atoms. The molecule has 4 nitrogen and oxygen atoms in total. The van der Waals surface area contributed by atoms with E-state index < -0.39 is 15.6 Å². The number of nitrogens with zero attached hydrogens (tertiary/aromatic N) is 1. The van der Waals surface area contributed by atoms with Gasteiger partial charge >= 0.3 is 0 Å². The highest BCUT2D eigenvalue weighted by atomic mass is 32.2. The molecule has 1 atom stereocenters. The second-order valence-electron chi connectivity index (χ2n) is 5.76. The van der Waals surface area contributed by atoms with E-state index in [1.54, 1.807) is 19.1 Å². The molecule has 1 heterocycles. The fourth-order valence-electron chi connectivity index (χ4n) is 2.61. The van der Waals surface area contributed by atoms with Crippen LogP contribution in [0.3, 0.4) is 0 Å². The maximum atomic E-state index is 12.6. The molecule has 0 aliphatic carbocycles. The Balaban J connectivity index is 2.36. The summed E-state index contributed by atoms with van der Waals surface area (Å²) in [7, 11) is -3.50. The van der Waals surface area contributed by atoms with Crippen LogP contribution in [0.2, 0.25) is 0 Å². The van der Waals surface area contributed by atoms with Gasteiger partial charge in [-0.2, -0.15) is 4.31 Å². The van der Waals surface area contributed by atoms with Crippen molar-refractivity contribution in [3.8, 4) is 0 Å². The van der Waals surface area contributed by atoms with E-state index in [4.69, 9.17) is 0 Å². The van der Waals surface area contributed by atoms with Crippen LogP contribution < -0.4 is 0 Å². The lowest BCUT2D eigenvalue weighted by molar-refractivity contribution is 0.00940. The van der Waals surface area contributed by atoms with E-state index in [-0.39, 0.29) is 6.54 Å². The predicted octanol–water partition coefficient (Wildman–Crippen LogP) is 1.84. The zero-order chi connectivity index (χ0) is 14.3. The zero-order valence-corrected chi connectivity index (χ0v) is 12.5. The standard InChI is InChI=1S/C14H21NO3S/c1-11-7-12(2)9-13(8-11)19(17,18)15-6-4-5-14(3,16)10-15/h7-9,16H,4-6,10H2,1-3H3. The van der Waals surface area contributed by atoms with Crippen LogP contribution in [0, 0.1) is 13.8 Å². The Morgan fingerprint density at radius 3 is 2.32 bits per heavy atom. The van der Waals surface area contributed by atoms with Crippen LogP contribution in [0.4, 0.5) is 0 Å². The van der Waals surface area contributed by atoms with E-state index >= 15 is 0 Å². The summed E-state index contributed by atoms with van der Waals surface area (Å²) < 4.78 is 26.6. The van der Waals surface area contributed by atoms with Crippen molar-refractivity contribution in [3.63, 3.8) is 0 Å². The quantitative estimate of drug-likeness (QED) is 0.901. The van der Waals surface area contributed by atoms with Crippen molar-refractivity contribution in [2.75, 3.05) is 13.1 Å². The largest absolute Gasteiger partial charge is 0.389 e. The van der Waals surface area contributed by atoms with Crippen LogP contribution in [-0.2, 0) is 10.0 Å². The number of benzene rings is 1. The summed E-state index contributed by atoms with van der Waals surface area (Å²) in [6, 6.07) is 5.32. The summed E-state index contributed by atoms with van der Waals surface area (Å²) in [6.07, 6.45) is 1.34. The minimum absolute atomic E-state index is 0.169. The number of aliphatic hydroxyl groups is 1. The van der Waals surface area contributed by atoms with Gasteiger partial charge in [-0.05, 0) is 56.9 Å². The molecule has 2 rings (SSSR count). The van der Waals surface area contributed by atoms with Gasteiger partial charge in [0.1, 0.15) is 0 Å². The van der Waals surface area contributed by atoms with E-state index in [0.29, 0.717) is 24.3 Å². The van der Waals surface area contributed by atoms with Crippen molar-refractivity contribution in [1.29, 1.82) is 0 Å². The van der Waals surface area contributed by atoms with Crippen molar-refractivity contribution in [1.82, 2.24) is 4.31 Å². The summed E-state index contributed by atoms with van der Waals surface area (Å²) in [5, 5.41) is 10.1. The molecule has 0 radical (unpaired) electrons. The molecule has 0 amide bonds. The van der Waals surface area contributed by atoms with Crippen LogP contribution in [-0.4, -0.2) is 36.5 Å². The van der Waals surface area contributed by atoms with Crippen LogP contribution in [0.1, 0.15) is 30.9 Å². The molecule has 1 aliphatic heterocycles. The number of hydrogen-bond donors (Lipinski definition) is 1. The Kier molecular flexibility index (Phi) is 3.73. The summed E-state index contributed by atoms with van der Waals surface area (Å²) in [5.41, 5.74) is 0.939. The lowest BCUT2D eigenvalue weighted by Crippen LogP contribution is -2.48. The zero-order valence-electron chi connectivity index (χ0n) is 11.7. The molecule has 1 aromatic rings. The lowest BCUT2D eigenvalue weighted by atomic mass is 9.97. The van der Waals surface area contributed by atoms with Crippen molar-refractivity contribution in [2.45, 2.75) is 44.1 Å². The number of sulfonamides is 1. The van der Waals surface area contributed by atoms with Crippen molar-refractivity contribution in [3.05, 3.63) is 29.3 Å². The minimum atomic E-state index is -3.50. The molecule has 106 valence electrons. The molecular weight excluding hydrogens is 262 g/mol. The molecule has 19 heavy (non-hydrogen) atoms. The fraction of sp³-hybridized carbons (Fsp3) is 0.571. The number of aryl methyl sites for hydroxylation is 2. The van der Waals surface area contributed by atoms with E-state index in [1.807, 2.05) is 19.9 Å². The molecule has 1 fully saturated rings. The lowest BCUT2D eigenvalue weighted by Gasteiger charge is -2.36. The summed E-state index contributed by atoms with van der Waals surface area (Å²) in [5.74, 6) is 0. The molecule has 1 N–H and O–H groups in total. The van der Waals surface area contributed by atoms with Gasteiger partial charge in [0.25, 0.3) is 0 Å². The Labute approximate surface area is 115 Å². The van der Waals surface area contributed by atoms with E-state index in [2.05, 4.69) is 0 Å². The van der Waals surface area contributed by atoms with E-state index in [0.717, 1.165) is 11.1 Å². The Morgan fingerprint density at radius 2 is 1.79 bits per heavy atom. The number of piperidine rings is 1. The molecule has 0 saturated carbocycles. The predicted molar refractivity (Wildman–Crippen MR) is 74.5 cm³/mol. The third-order valence-electron chi connectivity index (χ3n) is 3.47. The molecule has 5 heteroatoms. The minimum Gasteiger partial charge on any atom is -0.389 e. The summed E-state index contributed by atoms with van der Waals surface area (Å²) in [6.45, 7) is 6.11. The smallest absolute Gasteiger partial charge is 0.243 e. The van der Waals surface area contributed by atoms with Gasteiger partial charge < -0.3 is 5.11 Å². The third-order valence-corrected chi connectivity index (χ3v) is 5.30. The molecule has 1 aromatic carbocycles. The second-order valence-corrected chi connectivity index (χ2v) is 7.70. The van der Waals surface area contributed by atoms with Crippen LogP contribution in [0.25, 0.3) is 0 Å². The van der Waals surface area contributed by atoms with Crippen LogP contribution in [0.5, 0.6) is 0 Å². The maximum absolute atomic E-state index is 12.6. The maximum Gasteiger partial charge on any atom is 0.243 e. The van der Waals surface area contributed by atoms with Gasteiger partial charge in [-0.1, -0.05) is 6.07 Å². The van der Waals surface area contributed by atoms with Gasteiger partial charge in [0.05, 0.1) is 10.5 Å². The fourth-order valence-corrected chi connectivity index (χ4v) is 4.40. The molecule has 1 saturated heterocycles. The molecule has 1 aliphatic rings. The topological polar surface area (TPSA) is 57.6 Å². The van der Waals surface area contributed by atoms with Crippen molar-refractivity contribution in [2.24, 2.45) is 0 Å². The van der Waals surface area contributed by atoms with Gasteiger partial charge in [0.15, 0.2) is 0 Å². The average molecular weight is 283 g/mol. The molecule has 1 unspecified atom stereocenters. The van der Waals surface area contributed by atoms with Crippen molar-refractivity contribution >= 4 is 10.0 Å². The first-order valence-corrected chi connectivity index (χ1v) is 7.96. The average Bonchev–Trinajstić information content (AvgIpc) is 2.26. The van der Waals surface area contributed by atoms with Gasteiger partial charge in [-0.3, -0.25) is 0 Å². The normalized spacial score (nSPS) is 25.5. The highest BCUT2D eigenvalue weighted by Crippen LogP contribution is 2.26. The van der Waals surface area contributed by atoms with E-state index in [1.165, 1.54) is 4.31 Å². The van der Waals surface area contributed by atoms with Gasteiger partial charge in [-0.15, -0.1) is 0 Å². The third kappa shape index (κ3) is 3.16. The molecular formula is C14H21NO3S. The first kappa shape index (κ1) is 14.5. The second kappa shape index (κ2) is 4.89. The molecule has 0 aromatic heterocycles. The first-order valence-electron chi connectivity index (χ1n) is 6.52. The van der Waals surface area contributed by atoms with E-state index in [9.17, 15) is 13.5 Å². The van der Waals surface area contributed by atoms with Crippen molar-refractivity contribution < 1.29 is 13.5 Å². The highest BCUT2D eigenvalue weighted by molar-refractivity contribution is 7.89. The highest BCUT2D eigenvalue weighted by Gasteiger charge is 2.35. The number of rotatable bonds is 2. The Bertz CT molecular complexity index is 558. The SMILES string of the molecule is Cc1cc(C)cc(S(=O)(=O)N2CCCC(C)(O)C2)c1. The first-order chi connectivity index (χ1) is 8.71. The number of β-amino-alcohol motifs (C(OH)–C–C–N with tert-alkyl or cyclic N) is 1. The Morgan fingerprint density at radius 1 is 1.21 bits per heavy atom. The van der Waals surface area contributed by atoms with Crippen LogP contribution >= 0.6 is 0 Å². The molecule has 0 spiro atoms. The summed E-state index contributed by atoms with van der Waals surface area (Å²) in [4.78, 5) is 0.322. The van der Waals surface area contributed by atoms with Crippen LogP contribution in [0.15, 0.2) is 23.1 Å². The van der Waals surface area contributed by atoms with Gasteiger partial charge in [0.2, 0.25) is 10.0 Å². The van der Waals surface area contributed by atoms with Gasteiger partial charge in [-0.25, -0.2) is 8.42 Å².